The first-order valence-corrected chi connectivity index (χ1v) is 6.82. The Morgan fingerprint density at radius 3 is 2.85 bits per heavy atom. The van der Waals surface area contributed by atoms with Crippen LogP contribution in [0.1, 0.15) is 6.42 Å². The van der Waals surface area contributed by atoms with Crippen LogP contribution in [0.25, 0.3) is 28.7 Å². The van der Waals surface area contributed by atoms with Crippen molar-refractivity contribution in [3.8, 4) is 5.69 Å². The van der Waals surface area contributed by atoms with Crippen LogP contribution in [0.2, 0.25) is 0 Å². The zero-order valence-electron chi connectivity index (χ0n) is 11.0. The smallest absolute Gasteiger partial charge is 0.0571 e. The third-order valence-corrected chi connectivity index (χ3v) is 3.71. The number of pyridine rings is 1. The lowest BCUT2D eigenvalue weighted by Crippen LogP contribution is -2.27. The van der Waals surface area contributed by atoms with Gasteiger partial charge in [0, 0.05) is 28.7 Å². The Bertz CT molecular complexity index is 915. The van der Waals surface area contributed by atoms with Crippen molar-refractivity contribution >= 4 is 23.1 Å². The highest BCUT2D eigenvalue weighted by Crippen LogP contribution is 2.14. The summed E-state index contributed by atoms with van der Waals surface area (Å²) in [5.41, 5.74) is 2.40. The highest BCUT2D eigenvalue weighted by molar-refractivity contribution is 5.83. The van der Waals surface area contributed by atoms with Gasteiger partial charge in [0.1, 0.15) is 0 Å². The summed E-state index contributed by atoms with van der Waals surface area (Å²) in [6, 6.07) is 12.6. The quantitative estimate of drug-likeness (QED) is 0.656. The van der Waals surface area contributed by atoms with Crippen LogP contribution in [0.4, 0.5) is 0 Å². The molecule has 1 aliphatic carbocycles. The van der Waals surface area contributed by atoms with Crippen LogP contribution in [0.15, 0.2) is 60.9 Å². The average Bonchev–Trinajstić information content (AvgIpc) is 2.65. The SMILES string of the molecule is C1=CCC=c2c(c3cnccc3n2-c2ccccc2)=C1. The van der Waals surface area contributed by atoms with E-state index in [-0.39, 0.29) is 0 Å². The van der Waals surface area contributed by atoms with Gasteiger partial charge < -0.3 is 4.57 Å². The summed E-state index contributed by atoms with van der Waals surface area (Å²) in [6.45, 7) is 0. The molecule has 2 heterocycles. The summed E-state index contributed by atoms with van der Waals surface area (Å²) in [5, 5.41) is 3.71. The zero-order valence-corrected chi connectivity index (χ0v) is 11.0. The Labute approximate surface area is 117 Å². The zero-order chi connectivity index (χ0) is 13.4. The number of hydrogen-bond acceptors (Lipinski definition) is 1. The molecule has 1 aromatic carbocycles. The van der Waals surface area contributed by atoms with Gasteiger partial charge in [0.15, 0.2) is 0 Å². The molecule has 0 aliphatic heterocycles. The molecular weight excluding hydrogens is 244 g/mol. The van der Waals surface area contributed by atoms with Gasteiger partial charge in [-0.15, -0.1) is 0 Å². The fourth-order valence-electron chi connectivity index (χ4n) is 2.83. The minimum Gasteiger partial charge on any atom is -0.309 e. The van der Waals surface area contributed by atoms with Crippen molar-refractivity contribution in [1.82, 2.24) is 9.55 Å². The minimum absolute atomic E-state index is 0.958. The van der Waals surface area contributed by atoms with E-state index in [9.17, 15) is 0 Å². The fourth-order valence-corrected chi connectivity index (χ4v) is 2.83. The topological polar surface area (TPSA) is 17.8 Å². The third kappa shape index (κ3) is 1.62. The molecule has 4 rings (SSSR count). The van der Waals surface area contributed by atoms with Gasteiger partial charge in [0.25, 0.3) is 0 Å². The van der Waals surface area contributed by atoms with Gasteiger partial charge in [0.05, 0.1) is 10.9 Å². The number of rotatable bonds is 1. The summed E-state index contributed by atoms with van der Waals surface area (Å²) in [4.78, 5) is 4.29. The van der Waals surface area contributed by atoms with Gasteiger partial charge in [-0.05, 0) is 24.6 Å². The molecule has 0 fully saturated rings. The molecule has 0 saturated heterocycles. The molecular formula is C18H14N2. The molecule has 2 aromatic heterocycles. The second kappa shape index (κ2) is 4.49. The molecule has 0 amide bonds. The largest absolute Gasteiger partial charge is 0.309 e. The van der Waals surface area contributed by atoms with Gasteiger partial charge in [-0.1, -0.05) is 42.5 Å². The van der Waals surface area contributed by atoms with E-state index >= 15 is 0 Å². The van der Waals surface area contributed by atoms with Crippen molar-refractivity contribution < 1.29 is 0 Å². The fraction of sp³-hybridized carbons (Fsp3) is 0.0556. The summed E-state index contributed by atoms with van der Waals surface area (Å²) in [5.74, 6) is 0. The van der Waals surface area contributed by atoms with Crippen LogP contribution in [0.5, 0.6) is 0 Å². The Morgan fingerprint density at radius 1 is 1.05 bits per heavy atom. The molecule has 0 spiro atoms. The molecule has 2 heteroatoms. The second-order valence-corrected chi connectivity index (χ2v) is 4.90. The number of allylic oxidation sites excluding steroid dienone is 2. The maximum Gasteiger partial charge on any atom is 0.0571 e. The van der Waals surface area contributed by atoms with Crippen LogP contribution in [0.3, 0.4) is 0 Å². The molecule has 1 aliphatic rings. The van der Waals surface area contributed by atoms with E-state index in [0.717, 1.165) is 6.42 Å². The number of nitrogens with zero attached hydrogens (tertiary/aromatic N) is 2. The Balaban J connectivity index is 2.23. The van der Waals surface area contributed by atoms with E-state index in [1.54, 1.807) is 0 Å². The van der Waals surface area contributed by atoms with E-state index in [4.69, 9.17) is 0 Å². The van der Waals surface area contributed by atoms with Crippen LogP contribution >= 0.6 is 0 Å². The first kappa shape index (κ1) is 11.2. The predicted molar refractivity (Wildman–Crippen MR) is 83.0 cm³/mol. The first-order chi connectivity index (χ1) is 9.95. The number of benzene rings is 1. The van der Waals surface area contributed by atoms with E-state index in [0.29, 0.717) is 0 Å². The van der Waals surface area contributed by atoms with Crippen molar-refractivity contribution in [3.05, 3.63) is 71.5 Å². The van der Waals surface area contributed by atoms with Crippen molar-refractivity contribution in [1.29, 1.82) is 0 Å². The first-order valence-electron chi connectivity index (χ1n) is 6.82. The summed E-state index contributed by atoms with van der Waals surface area (Å²) >= 11 is 0. The number of para-hydroxylation sites is 1. The molecule has 2 nitrogen and oxygen atoms in total. The van der Waals surface area contributed by atoms with E-state index < -0.39 is 0 Å². The highest BCUT2D eigenvalue weighted by Gasteiger charge is 2.09. The summed E-state index contributed by atoms with van der Waals surface area (Å²) in [6.07, 6.45) is 13.5. The predicted octanol–water partition coefficient (Wildman–Crippen LogP) is 2.55. The van der Waals surface area contributed by atoms with Gasteiger partial charge in [-0.2, -0.15) is 0 Å². The average molecular weight is 258 g/mol. The van der Waals surface area contributed by atoms with Crippen molar-refractivity contribution in [2.75, 3.05) is 0 Å². The minimum atomic E-state index is 0.958. The van der Waals surface area contributed by atoms with Crippen molar-refractivity contribution in [2.45, 2.75) is 6.42 Å². The Hall–Kier alpha value is -2.61. The standard InChI is InChI=1S/C18H14N2/c1-3-7-14(8-4-1)20-17-10-6-2-5-9-15(17)16-13-19-12-11-18(16)20/h1-5,7-13H,6H2. The number of aromatic nitrogens is 2. The molecule has 0 N–H and O–H groups in total. The van der Waals surface area contributed by atoms with Crippen LogP contribution < -0.4 is 10.6 Å². The van der Waals surface area contributed by atoms with E-state index in [1.807, 2.05) is 18.5 Å². The highest BCUT2D eigenvalue weighted by atomic mass is 15.0. The van der Waals surface area contributed by atoms with Crippen molar-refractivity contribution in [2.24, 2.45) is 0 Å². The number of hydrogen-bond donors (Lipinski definition) is 0. The van der Waals surface area contributed by atoms with E-state index in [1.165, 1.54) is 27.2 Å². The van der Waals surface area contributed by atoms with Gasteiger partial charge in [0.2, 0.25) is 0 Å². The monoisotopic (exact) mass is 258 g/mol. The van der Waals surface area contributed by atoms with Gasteiger partial charge in [-0.25, -0.2) is 0 Å². The molecule has 0 saturated carbocycles. The van der Waals surface area contributed by atoms with Gasteiger partial charge in [-0.3, -0.25) is 4.98 Å². The van der Waals surface area contributed by atoms with Crippen molar-refractivity contribution in [3.63, 3.8) is 0 Å². The maximum absolute atomic E-state index is 4.29. The molecule has 0 bridgehead atoms. The third-order valence-electron chi connectivity index (χ3n) is 3.71. The lowest BCUT2D eigenvalue weighted by atomic mass is 10.2. The maximum atomic E-state index is 4.29. The van der Waals surface area contributed by atoms with E-state index in [2.05, 4.69) is 64.2 Å². The van der Waals surface area contributed by atoms with Crippen LogP contribution in [0, 0.1) is 0 Å². The number of fused-ring (bicyclic) bond motifs is 3. The van der Waals surface area contributed by atoms with Crippen LogP contribution in [-0.2, 0) is 0 Å². The summed E-state index contributed by atoms with van der Waals surface area (Å²) in [7, 11) is 0. The van der Waals surface area contributed by atoms with Crippen LogP contribution in [-0.4, -0.2) is 9.55 Å². The molecule has 20 heavy (non-hydrogen) atoms. The molecule has 0 atom stereocenters. The Morgan fingerprint density at radius 2 is 1.95 bits per heavy atom. The van der Waals surface area contributed by atoms with Gasteiger partial charge >= 0.3 is 0 Å². The summed E-state index contributed by atoms with van der Waals surface area (Å²) < 4.78 is 2.32. The molecule has 0 radical (unpaired) electrons. The lowest BCUT2D eigenvalue weighted by molar-refractivity contribution is 1.06. The lowest BCUT2D eigenvalue weighted by Gasteiger charge is -2.05. The molecule has 96 valence electrons. The molecule has 3 aromatic rings. The normalized spacial score (nSPS) is 13.4. The second-order valence-electron chi connectivity index (χ2n) is 4.90. The Kier molecular flexibility index (Phi) is 2.52. The molecule has 0 unspecified atom stereocenters.